The zero-order valence-corrected chi connectivity index (χ0v) is 23.3. The lowest BCUT2D eigenvalue weighted by atomic mass is 9.92. The molecule has 0 saturated heterocycles. The normalized spacial score (nSPS) is 14.9. The molecule has 0 bridgehead atoms. The topological polar surface area (TPSA) is 88.2 Å². The highest BCUT2D eigenvalue weighted by Crippen LogP contribution is 2.34. The van der Waals surface area contributed by atoms with Gasteiger partial charge in [0, 0.05) is 29.4 Å². The number of hydrogen-bond donors (Lipinski definition) is 0. The van der Waals surface area contributed by atoms with Crippen LogP contribution in [0.2, 0.25) is 5.02 Å². The zero-order chi connectivity index (χ0) is 28.1. The molecule has 200 valence electrons. The van der Waals surface area contributed by atoms with Crippen molar-refractivity contribution in [2.75, 3.05) is 13.2 Å². The number of rotatable bonds is 9. The molecular weight excluding hydrogens is 512 g/mol. The number of aromatic nitrogens is 2. The summed E-state index contributed by atoms with van der Waals surface area (Å²) in [5.74, 6) is -0.342. The minimum Gasteiger partial charge on any atom is -0.492 e. The number of imide groups is 1. The van der Waals surface area contributed by atoms with E-state index in [0.29, 0.717) is 34.2 Å². The zero-order valence-electron chi connectivity index (χ0n) is 22.6. The van der Waals surface area contributed by atoms with Gasteiger partial charge in [0.05, 0.1) is 17.3 Å². The van der Waals surface area contributed by atoms with Crippen LogP contribution in [0.1, 0.15) is 46.1 Å². The first-order chi connectivity index (χ1) is 18.7. The number of carbonyl (C=O) groups is 2. The van der Waals surface area contributed by atoms with Crippen LogP contribution in [0.25, 0.3) is 23.0 Å². The predicted molar refractivity (Wildman–Crippen MR) is 152 cm³/mol. The van der Waals surface area contributed by atoms with Gasteiger partial charge in [-0.15, -0.1) is 0 Å². The first kappa shape index (κ1) is 27.9. The van der Waals surface area contributed by atoms with Gasteiger partial charge in [0.15, 0.2) is 0 Å². The highest BCUT2D eigenvalue weighted by Gasteiger charge is 2.36. The number of para-hydroxylation sites is 1. The number of hydrogen-bond acceptors (Lipinski definition) is 5. The van der Waals surface area contributed by atoms with E-state index in [9.17, 15) is 14.9 Å². The standard InChI is InChI=1S/C31H31ClN4O3/c1-5-6-14-39-28-13-12-22(16-27(28)32)29-23(19-36(34-29)24-10-8-7-9-11-24)15-25-21(4)26(17-33)31(38)35(30(25)37)18-20(2)3/h7-13,15-16,19-20H,5-6,14,18H2,1-4H3/b25-15+. The molecule has 0 aliphatic carbocycles. The third-order valence-corrected chi connectivity index (χ3v) is 6.69. The van der Waals surface area contributed by atoms with Crippen LogP contribution in [0.5, 0.6) is 5.75 Å². The molecule has 0 fully saturated rings. The molecule has 0 unspecified atom stereocenters. The molecule has 2 amide bonds. The first-order valence-corrected chi connectivity index (χ1v) is 13.4. The minimum absolute atomic E-state index is 0.0323. The quantitative estimate of drug-likeness (QED) is 0.172. The lowest BCUT2D eigenvalue weighted by molar-refractivity contribution is -0.141. The van der Waals surface area contributed by atoms with Crippen molar-refractivity contribution in [3.63, 3.8) is 0 Å². The number of amides is 2. The Morgan fingerprint density at radius 2 is 1.87 bits per heavy atom. The van der Waals surface area contributed by atoms with E-state index in [0.717, 1.165) is 29.0 Å². The van der Waals surface area contributed by atoms with Gasteiger partial charge in [-0.3, -0.25) is 14.5 Å². The van der Waals surface area contributed by atoms with Crippen molar-refractivity contribution in [1.29, 1.82) is 5.26 Å². The Balaban J connectivity index is 1.86. The maximum absolute atomic E-state index is 13.5. The van der Waals surface area contributed by atoms with Crippen molar-refractivity contribution < 1.29 is 14.3 Å². The Morgan fingerprint density at radius 1 is 1.13 bits per heavy atom. The van der Waals surface area contributed by atoms with Crippen molar-refractivity contribution in [3.05, 3.63) is 82.0 Å². The summed E-state index contributed by atoms with van der Waals surface area (Å²) in [5.41, 5.74) is 3.42. The summed E-state index contributed by atoms with van der Waals surface area (Å²) < 4.78 is 7.54. The molecule has 1 aliphatic heterocycles. The summed E-state index contributed by atoms with van der Waals surface area (Å²) in [6.45, 7) is 8.37. The Kier molecular flexibility index (Phi) is 8.68. The van der Waals surface area contributed by atoms with Gasteiger partial charge in [0.1, 0.15) is 23.1 Å². The summed E-state index contributed by atoms with van der Waals surface area (Å²) in [7, 11) is 0. The molecular formula is C31H31ClN4O3. The first-order valence-electron chi connectivity index (χ1n) is 13.0. The molecule has 0 atom stereocenters. The fourth-order valence-corrected chi connectivity index (χ4v) is 4.57. The van der Waals surface area contributed by atoms with Gasteiger partial charge in [-0.1, -0.05) is 57.0 Å². The number of halogens is 1. The molecule has 7 nitrogen and oxygen atoms in total. The van der Waals surface area contributed by atoms with Crippen LogP contribution in [0, 0.1) is 17.2 Å². The second-order valence-electron chi connectivity index (χ2n) is 9.84. The molecule has 8 heteroatoms. The van der Waals surface area contributed by atoms with Gasteiger partial charge < -0.3 is 4.74 Å². The molecule has 0 N–H and O–H groups in total. The molecule has 1 aromatic heterocycles. The third kappa shape index (κ3) is 5.97. The molecule has 4 rings (SSSR count). The van der Waals surface area contributed by atoms with E-state index in [1.54, 1.807) is 23.7 Å². The van der Waals surface area contributed by atoms with Gasteiger partial charge in [-0.2, -0.15) is 10.4 Å². The lowest BCUT2D eigenvalue weighted by Crippen LogP contribution is -2.44. The average molecular weight is 543 g/mol. The molecule has 0 spiro atoms. The van der Waals surface area contributed by atoms with E-state index in [2.05, 4.69) is 6.92 Å². The third-order valence-electron chi connectivity index (χ3n) is 6.40. The number of nitriles is 1. The molecule has 0 saturated carbocycles. The van der Waals surface area contributed by atoms with E-state index in [-0.39, 0.29) is 23.6 Å². The summed E-state index contributed by atoms with van der Waals surface area (Å²) in [6.07, 6.45) is 5.48. The smallest absolute Gasteiger partial charge is 0.271 e. The molecule has 39 heavy (non-hydrogen) atoms. The summed E-state index contributed by atoms with van der Waals surface area (Å²) in [6, 6.07) is 17.1. The van der Waals surface area contributed by atoms with Crippen molar-refractivity contribution in [1.82, 2.24) is 14.7 Å². The maximum Gasteiger partial charge on any atom is 0.271 e. The van der Waals surface area contributed by atoms with Crippen molar-refractivity contribution >= 4 is 29.5 Å². The monoisotopic (exact) mass is 542 g/mol. The van der Waals surface area contributed by atoms with Crippen LogP contribution >= 0.6 is 11.6 Å². The van der Waals surface area contributed by atoms with Gasteiger partial charge in [0.25, 0.3) is 11.8 Å². The van der Waals surface area contributed by atoms with E-state index < -0.39 is 11.8 Å². The fourth-order valence-electron chi connectivity index (χ4n) is 4.34. The fraction of sp³-hybridized carbons (Fsp3) is 0.290. The largest absolute Gasteiger partial charge is 0.492 e. The van der Waals surface area contributed by atoms with Crippen LogP contribution in [-0.2, 0) is 9.59 Å². The average Bonchev–Trinajstić information content (AvgIpc) is 3.35. The minimum atomic E-state index is -0.559. The number of nitrogens with zero attached hydrogens (tertiary/aromatic N) is 4. The van der Waals surface area contributed by atoms with E-state index in [1.165, 1.54) is 0 Å². The summed E-state index contributed by atoms with van der Waals surface area (Å²) in [4.78, 5) is 27.6. The Morgan fingerprint density at radius 3 is 2.51 bits per heavy atom. The highest BCUT2D eigenvalue weighted by atomic mass is 35.5. The highest BCUT2D eigenvalue weighted by molar-refractivity contribution is 6.32. The SMILES string of the molecule is CCCCOc1ccc(-c2nn(-c3ccccc3)cc2/C=C2/C(=O)N(CC(C)C)C(=O)C(C#N)=C2C)cc1Cl. The van der Waals surface area contributed by atoms with Crippen molar-refractivity contribution in [2.45, 2.75) is 40.5 Å². The van der Waals surface area contributed by atoms with Gasteiger partial charge >= 0.3 is 0 Å². The second kappa shape index (κ2) is 12.1. The summed E-state index contributed by atoms with van der Waals surface area (Å²) >= 11 is 6.58. The van der Waals surface area contributed by atoms with Crippen LogP contribution in [0.3, 0.4) is 0 Å². The maximum atomic E-state index is 13.5. The molecule has 0 radical (unpaired) electrons. The van der Waals surface area contributed by atoms with Crippen LogP contribution in [-0.4, -0.2) is 39.6 Å². The molecule has 2 heterocycles. The lowest BCUT2D eigenvalue weighted by Gasteiger charge is -2.28. The van der Waals surface area contributed by atoms with Gasteiger partial charge in [-0.05, 0) is 61.2 Å². The number of carbonyl (C=O) groups excluding carboxylic acids is 2. The second-order valence-corrected chi connectivity index (χ2v) is 10.3. The van der Waals surface area contributed by atoms with E-state index in [1.807, 2.05) is 68.6 Å². The van der Waals surface area contributed by atoms with Gasteiger partial charge in [0.2, 0.25) is 0 Å². The number of ether oxygens (including phenoxy) is 1. The van der Waals surface area contributed by atoms with Crippen LogP contribution in [0.4, 0.5) is 0 Å². The predicted octanol–water partition coefficient (Wildman–Crippen LogP) is 6.62. The van der Waals surface area contributed by atoms with Gasteiger partial charge in [-0.25, -0.2) is 4.68 Å². The van der Waals surface area contributed by atoms with Crippen LogP contribution in [0.15, 0.2) is 71.4 Å². The summed E-state index contributed by atoms with van der Waals surface area (Å²) in [5, 5.41) is 15.0. The van der Waals surface area contributed by atoms with E-state index in [4.69, 9.17) is 21.4 Å². The molecule has 1 aliphatic rings. The molecule has 3 aromatic rings. The van der Waals surface area contributed by atoms with Crippen molar-refractivity contribution in [3.8, 4) is 28.8 Å². The Hall–Kier alpha value is -4.15. The Bertz CT molecular complexity index is 1500. The molecule has 2 aromatic carbocycles. The Labute approximate surface area is 233 Å². The number of benzene rings is 2. The van der Waals surface area contributed by atoms with Crippen LogP contribution < -0.4 is 4.74 Å². The van der Waals surface area contributed by atoms with E-state index >= 15 is 0 Å². The van der Waals surface area contributed by atoms with Crippen molar-refractivity contribution in [2.24, 2.45) is 5.92 Å². The number of unbranched alkanes of at least 4 members (excludes halogenated alkanes) is 1.